The van der Waals surface area contributed by atoms with E-state index in [1.165, 1.54) is 14.2 Å². The quantitative estimate of drug-likeness (QED) is 0.634. The maximum absolute atomic E-state index is 12.4. The van der Waals surface area contributed by atoms with E-state index < -0.39 is 5.56 Å². The van der Waals surface area contributed by atoms with Crippen LogP contribution in [-0.4, -0.2) is 31.3 Å². The van der Waals surface area contributed by atoms with Gasteiger partial charge in [0.05, 0.1) is 37.7 Å². The Morgan fingerprint density at radius 2 is 1.76 bits per heavy atom. The number of nitrogens with one attached hydrogen (secondary N) is 2. The second-order valence-electron chi connectivity index (χ2n) is 5.79. The molecule has 0 radical (unpaired) electrons. The normalized spacial score (nSPS) is 10.2. The molecule has 0 aliphatic heterocycles. The number of rotatable bonds is 6. The number of H-pyrrole nitrogens is 1. The lowest BCUT2D eigenvalue weighted by molar-refractivity contribution is 0.396. The maximum atomic E-state index is 12.4. The fourth-order valence-electron chi connectivity index (χ4n) is 2.68. The first-order chi connectivity index (χ1) is 14.0. The minimum atomic E-state index is -0.575. The summed E-state index contributed by atoms with van der Waals surface area (Å²) >= 11 is 6.19. The smallest absolute Gasteiger partial charge is 0.270 e. The molecule has 0 amide bonds. The van der Waals surface area contributed by atoms with Crippen LogP contribution in [0.1, 0.15) is 5.56 Å². The molecule has 3 aromatic rings. The van der Waals surface area contributed by atoms with Crippen LogP contribution in [0.3, 0.4) is 0 Å². The summed E-state index contributed by atoms with van der Waals surface area (Å²) in [6.07, 6.45) is 0. The van der Waals surface area contributed by atoms with Crippen molar-refractivity contribution in [1.29, 1.82) is 5.26 Å². The van der Waals surface area contributed by atoms with Crippen molar-refractivity contribution in [1.82, 2.24) is 9.97 Å². The van der Waals surface area contributed by atoms with Crippen molar-refractivity contribution in [2.75, 3.05) is 26.6 Å². The molecule has 3 rings (SSSR count). The molecule has 2 N–H and O–H groups in total. The van der Waals surface area contributed by atoms with E-state index in [0.717, 1.165) is 0 Å². The van der Waals surface area contributed by atoms with Gasteiger partial charge in [-0.3, -0.25) is 9.78 Å². The number of ether oxygens (including phenoxy) is 3. The molecule has 2 aromatic carbocycles. The van der Waals surface area contributed by atoms with Gasteiger partial charge in [-0.25, -0.2) is 4.98 Å². The summed E-state index contributed by atoms with van der Waals surface area (Å²) in [6.45, 7) is 0. The number of benzene rings is 2. The van der Waals surface area contributed by atoms with Gasteiger partial charge >= 0.3 is 0 Å². The van der Waals surface area contributed by atoms with Gasteiger partial charge in [0.15, 0.2) is 0 Å². The van der Waals surface area contributed by atoms with Crippen LogP contribution in [0.25, 0.3) is 11.3 Å². The zero-order chi connectivity index (χ0) is 21.0. The van der Waals surface area contributed by atoms with Gasteiger partial charge < -0.3 is 19.5 Å². The third-order valence-corrected chi connectivity index (χ3v) is 4.42. The SMILES string of the molecule is COc1ccc(-c2nc(Nc3cc(Cl)c(OC)cc3OC)[nH]c(=O)c2C#N)cc1. The molecular weight excluding hydrogens is 396 g/mol. The number of aromatic nitrogens is 2. The third-order valence-electron chi connectivity index (χ3n) is 4.12. The van der Waals surface area contributed by atoms with Crippen LogP contribution in [0.15, 0.2) is 41.2 Å². The Bertz CT molecular complexity index is 1140. The molecule has 1 heterocycles. The second-order valence-corrected chi connectivity index (χ2v) is 6.20. The highest BCUT2D eigenvalue weighted by atomic mass is 35.5. The molecule has 0 saturated carbocycles. The van der Waals surface area contributed by atoms with E-state index in [1.807, 2.05) is 6.07 Å². The van der Waals surface area contributed by atoms with Crippen LogP contribution in [0.4, 0.5) is 11.6 Å². The summed E-state index contributed by atoms with van der Waals surface area (Å²) in [7, 11) is 4.54. The lowest BCUT2D eigenvalue weighted by Crippen LogP contribution is -2.16. The number of halogens is 1. The number of hydrogen-bond acceptors (Lipinski definition) is 7. The highest BCUT2D eigenvalue weighted by Crippen LogP contribution is 2.37. The topological polar surface area (TPSA) is 109 Å². The van der Waals surface area contributed by atoms with Gasteiger partial charge in [0.2, 0.25) is 5.95 Å². The molecule has 0 aliphatic carbocycles. The van der Waals surface area contributed by atoms with Crippen LogP contribution in [0, 0.1) is 11.3 Å². The Balaban J connectivity index is 2.08. The highest BCUT2D eigenvalue weighted by molar-refractivity contribution is 6.32. The molecule has 0 aliphatic rings. The first kappa shape index (κ1) is 20.0. The molecule has 0 saturated heterocycles. The average molecular weight is 413 g/mol. The third kappa shape index (κ3) is 4.10. The van der Waals surface area contributed by atoms with Crippen molar-refractivity contribution in [3.8, 4) is 34.6 Å². The van der Waals surface area contributed by atoms with Crippen molar-refractivity contribution >= 4 is 23.2 Å². The Kier molecular flexibility index (Phi) is 5.90. The van der Waals surface area contributed by atoms with Crippen LogP contribution < -0.4 is 25.1 Å². The minimum Gasteiger partial charge on any atom is -0.497 e. The summed E-state index contributed by atoms with van der Waals surface area (Å²) in [5.74, 6) is 1.64. The van der Waals surface area contributed by atoms with Crippen molar-refractivity contribution in [2.45, 2.75) is 0 Å². The van der Waals surface area contributed by atoms with Crippen LogP contribution in [0.2, 0.25) is 5.02 Å². The van der Waals surface area contributed by atoms with Gasteiger partial charge in [-0.1, -0.05) is 11.6 Å². The van der Waals surface area contributed by atoms with E-state index in [4.69, 9.17) is 25.8 Å². The molecule has 1 aromatic heterocycles. The maximum Gasteiger partial charge on any atom is 0.270 e. The summed E-state index contributed by atoms with van der Waals surface area (Å²) in [6, 6.07) is 12.0. The Hall–Kier alpha value is -3.70. The van der Waals surface area contributed by atoms with E-state index in [1.54, 1.807) is 43.5 Å². The molecule has 0 atom stereocenters. The van der Waals surface area contributed by atoms with E-state index in [9.17, 15) is 10.1 Å². The standard InChI is InChI=1S/C20H17ClN4O4/c1-27-12-6-4-11(5-7-12)18-13(10-22)19(26)25-20(24-18)23-15-8-14(21)16(28-2)9-17(15)29-3/h4-9H,1-3H3,(H2,23,24,25,26). The van der Waals surface area contributed by atoms with Crippen molar-refractivity contribution < 1.29 is 14.2 Å². The largest absolute Gasteiger partial charge is 0.497 e. The molecule has 0 unspecified atom stereocenters. The molecule has 0 fully saturated rings. The van der Waals surface area contributed by atoms with Gasteiger partial charge in [0, 0.05) is 11.6 Å². The molecule has 29 heavy (non-hydrogen) atoms. The molecule has 8 nitrogen and oxygen atoms in total. The van der Waals surface area contributed by atoms with Gasteiger partial charge in [-0.15, -0.1) is 0 Å². The lowest BCUT2D eigenvalue weighted by atomic mass is 10.1. The van der Waals surface area contributed by atoms with Gasteiger partial charge in [0.1, 0.15) is 28.9 Å². The highest BCUT2D eigenvalue weighted by Gasteiger charge is 2.16. The number of anilines is 2. The van der Waals surface area contributed by atoms with E-state index >= 15 is 0 Å². The number of nitrogens with zero attached hydrogens (tertiary/aromatic N) is 2. The van der Waals surface area contributed by atoms with Crippen molar-refractivity contribution in [2.24, 2.45) is 0 Å². The molecule has 148 valence electrons. The minimum absolute atomic E-state index is 0.0968. The van der Waals surface area contributed by atoms with Crippen LogP contribution in [0.5, 0.6) is 17.2 Å². The zero-order valence-electron chi connectivity index (χ0n) is 15.9. The predicted octanol–water partition coefficient (Wildman–Crippen LogP) is 3.73. The number of nitriles is 1. The number of methoxy groups -OCH3 is 3. The second kappa shape index (κ2) is 8.54. The van der Waals surface area contributed by atoms with E-state index in [-0.39, 0.29) is 17.2 Å². The summed E-state index contributed by atoms with van der Waals surface area (Å²) < 4.78 is 15.7. The van der Waals surface area contributed by atoms with Gasteiger partial charge in [0.25, 0.3) is 5.56 Å². The van der Waals surface area contributed by atoms with Gasteiger partial charge in [-0.05, 0) is 30.3 Å². The zero-order valence-corrected chi connectivity index (χ0v) is 16.6. The van der Waals surface area contributed by atoms with Crippen LogP contribution >= 0.6 is 11.6 Å². The fraction of sp³-hybridized carbons (Fsp3) is 0.150. The molecule has 0 spiro atoms. The molecule has 9 heteroatoms. The monoisotopic (exact) mass is 412 g/mol. The predicted molar refractivity (Wildman–Crippen MR) is 109 cm³/mol. The van der Waals surface area contributed by atoms with Crippen LogP contribution in [-0.2, 0) is 0 Å². The lowest BCUT2D eigenvalue weighted by Gasteiger charge is -2.14. The van der Waals surface area contributed by atoms with Gasteiger partial charge in [-0.2, -0.15) is 5.26 Å². The van der Waals surface area contributed by atoms with E-state index in [2.05, 4.69) is 15.3 Å². The molecular formula is C20H17ClN4O4. The summed E-state index contributed by atoms with van der Waals surface area (Å²) in [4.78, 5) is 19.4. The Labute approximate surface area is 171 Å². The van der Waals surface area contributed by atoms with Crippen molar-refractivity contribution in [3.63, 3.8) is 0 Å². The fourth-order valence-corrected chi connectivity index (χ4v) is 2.92. The number of hydrogen-bond donors (Lipinski definition) is 2. The Morgan fingerprint density at radius 1 is 1.07 bits per heavy atom. The summed E-state index contributed by atoms with van der Waals surface area (Å²) in [5.41, 5.74) is 0.623. The van der Waals surface area contributed by atoms with Crippen molar-refractivity contribution in [3.05, 3.63) is 57.3 Å². The number of aromatic amines is 1. The Morgan fingerprint density at radius 3 is 2.34 bits per heavy atom. The first-order valence-electron chi connectivity index (χ1n) is 8.38. The van der Waals surface area contributed by atoms with E-state index in [0.29, 0.717) is 33.5 Å². The average Bonchev–Trinajstić information content (AvgIpc) is 2.73. The first-order valence-corrected chi connectivity index (χ1v) is 8.76. The summed E-state index contributed by atoms with van der Waals surface area (Å²) in [5, 5.41) is 12.7. The molecule has 0 bridgehead atoms.